The van der Waals surface area contributed by atoms with E-state index in [0.717, 1.165) is 42.0 Å². The van der Waals surface area contributed by atoms with Gasteiger partial charge in [-0.15, -0.1) is 0 Å². The highest BCUT2D eigenvalue weighted by Gasteiger charge is 2.39. The summed E-state index contributed by atoms with van der Waals surface area (Å²) in [5.41, 5.74) is 10.1. The van der Waals surface area contributed by atoms with E-state index in [1.54, 1.807) is 29.2 Å². The van der Waals surface area contributed by atoms with E-state index in [2.05, 4.69) is 43.0 Å². The van der Waals surface area contributed by atoms with Gasteiger partial charge in [0, 0.05) is 60.1 Å². The van der Waals surface area contributed by atoms with Gasteiger partial charge in [0.2, 0.25) is 11.8 Å². The molecule has 1 unspecified atom stereocenters. The first-order valence-corrected chi connectivity index (χ1v) is 11.3. The molecule has 0 fully saturated rings. The molecule has 32 heavy (non-hydrogen) atoms. The molecule has 2 aliphatic rings. The molecule has 6 heteroatoms. The van der Waals surface area contributed by atoms with E-state index in [4.69, 9.17) is 5.73 Å². The molecule has 0 aromatic heterocycles. The third-order valence-electron chi connectivity index (χ3n) is 6.51. The fourth-order valence-electron chi connectivity index (χ4n) is 4.86. The van der Waals surface area contributed by atoms with Crippen LogP contribution in [0.3, 0.4) is 0 Å². The predicted octanol–water partition coefficient (Wildman–Crippen LogP) is 4.16. The first kappa shape index (κ1) is 21.8. The van der Waals surface area contributed by atoms with E-state index in [1.165, 1.54) is 0 Å². The first-order valence-electron chi connectivity index (χ1n) is 11.3. The number of nitrogens with zero attached hydrogens (tertiary/aromatic N) is 2. The Morgan fingerprint density at radius 2 is 1.66 bits per heavy atom. The third-order valence-corrected chi connectivity index (χ3v) is 6.51. The predicted molar refractivity (Wildman–Crippen MR) is 126 cm³/mol. The zero-order valence-electron chi connectivity index (χ0n) is 18.6. The Labute approximate surface area is 188 Å². The summed E-state index contributed by atoms with van der Waals surface area (Å²) < 4.78 is 0. The minimum Gasteiger partial charge on any atom is -0.372 e. The highest BCUT2D eigenvalue weighted by molar-refractivity contribution is 6.07. The normalized spacial score (nSPS) is 18.6. The van der Waals surface area contributed by atoms with Gasteiger partial charge in [0.05, 0.1) is 0 Å². The van der Waals surface area contributed by atoms with Gasteiger partial charge < -0.3 is 10.6 Å². The number of nitrogens with two attached hydrogens (primary N) is 1. The van der Waals surface area contributed by atoms with Gasteiger partial charge >= 0.3 is 0 Å². The second-order valence-corrected chi connectivity index (χ2v) is 8.30. The van der Waals surface area contributed by atoms with Crippen LogP contribution in [0.2, 0.25) is 0 Å². The molecule has 166 valence electrons. The third kappa shape index (κ3) is 3.93. The number of ketones is 1. The van der Waals surface area contributed by atoms with E-state index < -0.39 is 5.91 Å². The van der Waals surface area contributed by atoms with Gasteiger partial charge in [-0.1, -0.05) is 12.1 Å². The van der Waals surface area contributed by atoms with E-state index in [0.29, 0.717) is 24.1 Å². The van der Waals surface area contributed by atoms with Crippen LogP contribution in [0.4, 0.5) is 11.4 Å². The summed E-state index contributed by atoms with van der Waals surface area (Å²) in [6, 6.07) is 14.9. The van der Waals surface area contributed by atoms with Crippen molar-refractivity contribution in [1.82, 2.24) is 0 Å². The topological polar surface area (TPSA) is 83.7 Å². The molecule has 4 rings (SSSR count). The number of rotatable bonds is 6. The number of primary amides is 1. The number of hydrogen-bond donors (Lipinski definition) is 1. The summed E-state index contributed by atoms with van der Waals surface area (Å²) in [4.78, 5) is 41.7. The van der Waals surface area contributed by atoms with Crippen LogP contribution < -0.4 is 15.5 Å². The van der Waals surface area contributed by atoms with Gasteiger partial charge in [-0.25, -0.2) is 0 Å². The number of Topliss-reactive ketones (excluding diaryl/α,β-unsaturated/α-hetero) is 1. The second kappa shape index (κ2) is 8.99. The average molecular weight is 432 g/mol. The molecule has 0 bridgehead atoms. The van der Waals surface area contributed by atoms with Crippen molar-refractivity contribution in [2.75, 3.05) is 22.9 Å². The van der Waals surface area contributed by atoms with Gasteiger partial charge in [-0.2, -0.15) is 0 Å². The summed E-state index contributed by atoms with van der Waals surface area (Å²) >= 11 is 0. The summed E-state index contributed by atoms with van der Waals surface area (Å²) in [5, 5.41) is 0. The van der Waals surface area contributed by atoms with Crippen molar-refractivity contribution in [3.05, 3.63) is 70.9 Å². The van der Waals surface area contributed by atoms with Gasteiger partial charge in [0.1, 0.15) is 0 Å². The molecule has 1 aliphatic heterocycles. The lowest BCUT2D eigenvalue weighted by molar-refractivity contribution is -0.119. The molecule has 6 nitrogen and oxygen atoms in total. The van der Waals surface area contributed by atoms with Crippen LogP contribution >= 0.6 is 0 Å². The average Bonchev–Trinajstić information content (AvgIpc) is 2.80. The maximum absolute atomic E-state index is 13.3. The number of benzene rings is 2. The van der Waals surface area contributed by atoms with Crippen molar-refractivity contribution < 1.29 is 14.4 Å². The second-order valence-electron chi connectivity index (χ2n) is 8.30. The van der Waals surface area contributed by atoms with Gasteiger partial charge in [-0.05, 0) is 68.7 Å². The van der Waals surface area contributed by atoms with Crippen LogP contribution in [0.1, 0.15) is 61.4 Å². The van der Waals surface area contributed by atoms with Crippen LogP contribution in [0.5, 0.6) is 0 Å². The van der Waals surface area contributed by atoms with Crippen molar-refractivity contribution in [2.24, 2.45) is 5.73 Å². The fraction of sp³-hybridized carbons (Fsp3) is 0.346. The molecule has 0 radical (unpaired) electrons. The van der Waals surface area contributed by atoms with Crippen molar-refractivity contribution in [1.29, 1.82) is 0 Å². The lowest BCUT2D eigenvalue weighted by Gasteiger charge is -2.38. The molecule has 2 amide bonds. The maximum Gasteiger partial charge on any atom is 0.248 e. The molecule has 1 atom stereocenters. The Morgan fingerprint density at radius 1 is 1.00 bits per heavy atom. The summed E-state index contributed by atoms with van der Waals surface area (Å²) in [6.45, 7) is 6.10. The molecular weight excluding hydrogens is 402 g/mol. The van der Waals surface area contributed by atoms with Gasteiger partial charge in [0.15, 0.2) is 5.78 Å². The highest BCUT2D eigenvalue weighted by Crippen LogP contribution is 2.43. The molecule has 1 aliphatic carbocycles. The molecule has 0 saturated heterocycles. The van der Waals surface area contributed by atoms with Gasteiger partial charge in [-0.3, -0.25) is 19.3 Å². The fourth-order valence-corrected chi connectivity index (χ4v) is 4.86. The van der Waals surface area contributed by atoms with Crippen LogP contribution in [-0.4, -0.2) is 30.7 Å². The van der Waals surface area contributed by atoms with Crippen LogP contribution in [0.15, 0.2) is 59.8 Å². The number of hydrogen-bond acceptors (Lipinski definition) is 4. The number of carbonyl (C=O) groups is 3. The number of allylic oxidation sites excluding steroid dienone is 2. The molecule has 2 N–H and O–H groups in total. The largest absolute Gasteiger partial charge is 0.372 e. The number of amides is 2. The lowest BCUT2D eigenvalue weighted by atomic mass is 9.77. The van der Waals surface area contributed by atoms with Crippen LogP contribution in [-0.2, 0) is 9.59 Å². The molecule has 0 spiro atoms. The maximum atomic E-state index is 13.3. The van der Waals surface area contributed by atoms with Crippen molar-refractivity contribution in [3.8, 4) is 0 Å². The van der Waals surface area contributed by atoms with Crippen LogP contribution in [0.25, 0.3) is 0 Å². The van der Waals surface area contributed by atoms with E-state index in [1.807, 2.05) is 0 Å². The molecule has 0 saturated carbocycles. The zero-order valence-corrected chi connectivity index (χ0v) is 18.6. The highest BCUT2D eigenvalue weighted by atomic mass is 16.2. The Balaban J connectivity index is 1.73. The summed E-state index contributed by atoms with van der Waals surface area (Å²) in [5.74, 6) is -0.655. The molecule has 1 heterocycles. The Morgan fingerprint density at radius 3 is 2.25 bits per heavy atom. The molecule has 2 aromatic carbocycles. The Bertz CT molecular complexity index is 1070. The van der Waals surface area contributed by atoms with E-state index in [9.17, 15) is 14.4 Å². The van der Waals surface area contributed by atoms with Gasteiger partial charge in [0.25, 0.3) is 0 Å². The van der Waals surface area contributed by atoms with Crippen molar-refractivity contribution in [2.45, 2.75) is 45.4 Å². The van der Waals surface area contributed by atoms with Crippen molar-refractivity contribution in [3.63, 3.8) is 0 Å². The Kier molecular flexibility index (Phi) is 6.12. The first-order chi connectivity index (χ1) is 15.4. The van der Waals surface area contributed by atoms with Crippen LogP contribution in [0, 0.1) is 0 Å². The summed E-state index contributed by atoms with van der Waals surface area (Å²) in [7, 11) is 0. The van der Waals surface area contributed by atoms with Crippen molar-refractivity contribution >= 4 is 29.0 Å². The molecular formula is C26H29N3O3. The number of anilines is 2. The van der Waals surface area contributed by atoms with E-state index >= 15 is 0 Å². The quantitative estimate of drug-likeness (QED) is 0.744. The minimum atomic E-state index is -0.512. The smallest absolute Gasteiger partial charge is 0.248 e. The molecule has 2 aromatic rings. The van der Waals surface area contributed by atoms with E-state index in [-0.39, 0.29) is 24.0 Å². The standard InChI is InChI=1S/C26H29N3O3/c1-3-28(4-2)19-12-8-17(9-13-19)21-16-24(31)29(22-6-5-7-23(30)25(21)22)20-14-10-18(11-15-20)26(27)32/h8-15,21H,3-7,16H2,1-2H3,(H2,27,32). The minimum absolute atomic E-state index is 0.0388. The SMILES string of the molecule is CCN(CC)c1ccc(C2CC(=O)N(c3ccc(C(N)=O)cc3)C3=C2C(=O)CCC3)cc1. The Hall–Kier alpha value is -3.41. The summed E-state index contributed by atoms with van der Waals surface area (Å²) in [6.07, 6.45) is 2.16. The zero-order chi connectivity index (χ0) is 22.8. The monoisotopic (exact) mass is 431 g/mol. The number of carbonyl (C=O) groups excluding carboxylic acids is 3. The lowest BCUT2D eigenvalue weighted by Crippen LogP contribution is -2.40.